The van der Waals surface area contributed by atoms with E-state index in [4.69, 9.17) is 6.42 Å². The summed E-state index contributed by atoms with van der Waals surface area (Å²) in [6, 6.07) is 0. The van der Waals surface area contributed by atoms with Crippen LogP contribution in [0.1, 0.15) is 17.0 Å². The maximum atomic E-state index is 11.4. The minimum atomic E-state index is -0.112. The Balaban J connectivity index is 2.69. The number of nitrogens with one attached hydrogen (secondary N) is 1. The second kappa shape index (κ2) is 4.65. The average molecular weight is 205 g/mol. The minimum absolute atomic E-state index is 0.112. The molecule has 0 fully saturated rings. The summed E-state index contributed by atoms with van der Waals surface area (Å²) in [4.78, 5) is 11.4. The van der Waals surface area contributed by atoms with Crippen molar-refractivity contribution in [3.63, 3.8) is 0 Å². The lowest BCUT2D eigenvalue weighted by Gasteiger charge is -2.04. The van der Waals surface area contributed by atoms with E-state index in [-0.39, 0.29) is 19.0 Å². The van der Waals surface area contributed by atoms with Crippen molar-refractivity contribution in [2.45, 2.75) is 27.3 Å². The normalized spacial score (nSPS) is 9.73. The van der Waals surface area contributed by atoms with E-state index >= 15 is 0 Å². The lowest BCUT2D eigenvalue weighted by atomic mass is 10.2. The molecule has 1 amide bonds. The number of aryl methyl sites for hydroxylation is 1. The summed E-state index contributed by atoms with van der Waals surface area (Å²) in [6.45, 7) is 6.36. The third-order valence-corrected chi connectivity index (χ3v) is 2.42. The molecule has 0 bridgehead atoms. The van der Waals surface area contributed by atoms with Crippen LogP contribution in [0.3, 0.4) is 0 Å². The molecule has 0 saturated heterocycles. The molecule has 4 nitrogen and oxygen atoms in total. The van der Waals surface area contributed by atoms with Crippen molar-refractivity contribution in [1.29, 1.82) is 0 Å². The van der Waals surface area contributed by atoms with Crippen LogP contribution in [0.15, 0.2) is 0 Å². The van der Waals surface area contributed by atoms with Gasteiger partial charge in [-0.05, 0) is 26.3 Å². The number of hydrogen-bond donors (Lipinski definition) is 1. The Hall–Kier alpha value is -1.76. The molecule has 0 aliphatic carbocycles. The molecule has 0 atom stereocenters. The highest BCUT2D eigenvalue weighted by Crippen LogP contribution is 2.10. The van der Waals surface area contributed by atoms with Gasteiger partial charge < -0.3 is 5.32 Å². The Kier molecular flexibility index (Phi) is 3.51. The maximum Gasteiger partial charge on any atom is 0.242 e. The molecule has 80 valence electrons. The van der Waals surface area contributed by atoms with Gasteiger partial charge in [-0.3, -0.25) is 9.48 Å². The maximum absolute atomic E-state index is 11.4. The molecule has 0 unspecified atom stereocenters. The summed E-state index contributed by atoms with van der Waals surface area (Å²) in [7, 11) is 0. The molecule has 0 aliphatic rings. The van der Waals surface area contributed by atoms with Crippen molar-refractivity contribution in [1.82, 2.24) is 15.1 Å². The molecule has 0 aliphatic heterocycles. The van der Waals surface area contributed by atoms with Crippen LogP contribution in [-0.2, 0) is 11.3 Å². The number of carbonyl (C=O) groups excluding carboxylic acids is 1. The Morgan fingerprint density at radius 3 is 2.67 bits per heavy atom. The van der Waals surface area contributed by atoms with Crippen LogP contribution in [-0.4, -0.2) is 22.2 Å². The first-order chi connectivity index (χ1) is 7.06. The van der Waals surface area contributed by atoms with Gasteiger partial charge in [0, 0.05) is 5.69 Å². The summed E-state index contributed by atoms with van der Waals surface area (Å²) in [5.41, 5.74) is 3.10. The predicted molar refractivity (Wildman–Crippen MR) is 58.3 cm³/mol. The number of aromatic nitrogens is 2. The van der Waals surface area contributed by atoms with E-state index in [1.165, 1.54) is 0 Å². The molecule has 15 heavy (non-hydrogen) atoms. The molecular weight excluding hydrogens is 190 g/mol. The number of hydrogen-bond acceptors (Lipinski definition) is 2. The van der Waals surface area contributed by atoms with Crippen LogP contribution < -0.4 is 5.32 Å². The van der Waals surface area contributed by atoms with Crippen molar-refractivity contribution < 1.29 is 4.79 Å². The molecule has 1 rings (SSSR count). The number of nitrogens with zero attached hydrogens (tertiary/aromatic N) is 2. The van der Waals surface area contributed by atoms with Crippen LogP contribution in [0.2, 0.25) is 0 Å². The van der Waals surface area contributed by atoms with Gasteiger partial charge in [0.15, 0.2) is 0 Å². The fourth-order valence-corrected chi connectivity index (χ4v) is 1.28. The summed E-state index contributed by atoms with van der Waals surface area (Å²) in [5, 5.41) is 6.86. The van der Waals surface area contributed by atoms with Crippen LogP contribution >= 0.6 is 0 Å². The number of terminal acetylenes is 1. The largest absolute Gasteiger partial charge is 0.344 e. The fraction of sp³-hybridized carbons (Fsp3) is 0.455. The molecule has 0 spiro atoms. The van der Waals surface area contributed by atoms with Crippen molar-refractivity contribution in [3.8, 4) is 12.3 Å². The standard InChI is InChI=1S/C11H15N3O/c1-5-6-12-11(15)7-14-10(4)8(2)9(3)13-14/h1H,6-7H2,2-4H3,(H,12,15). The molecule has 1 aromatic rings. The zero-order valence-electron chi connectivity index (χ0n) is 9.29. The highest BCUT2D eigenvalue weighted by molar-refractivity contribution is 5.76. The Morgan fingerprint density at radius 2 is 2.20 bits per heavy atom. The first kappa shape index (κ1) is 11.3. The van der Waals surface area contributed by atoms with Crippen molar-refractivity contribution in [2.24, 2.45) is 0 Å². The molecule has 0 saturated carbocycles. The summed E-state index contributed by atoms with van der Waals surface area (Å²) in [5.74, 6) is 2.24. The lowest BCUT2D eigenvalue weighted by Crippen LogP contribution is -2.28. The predicted octanol–water partition coefficient (Wildman–Crippen LogP) is 0.558. The summed E-state index contributed by atoms with van der Waals surface area (Å²) in [6.07, 6.45) is 5.04. The van der Waals surface area contributed by atoms with Gasteiger partial charge >= 0.3 is 0 Å². The SMILES string of the molecule is C#CCNC(=O)Cn1nc(C)c(C)c1C. The lowest BCUT2D eigenvalue weighted by molar-refractivity contribution is -0.121. The summed E-state index contributed by atoms with van der Waals surface area (Å²) >= 11 is 0. The molecule has 1 aromatic heterocycles. The van der Waals surface area contributed by atoms with Gasteiger partial charge in [0.05, 0.1) is 12.2 Å². The second-order valence-corrected chi connectivity index (χ2v) is 3.43. The van der Waals surface area contributed by atoms with Crippen LogP contribution in [0.5, 0.6) is 0 Å². The first-order valence-electron chi connectivity index (χ1n) is 4.77. The Bertz CT molecular complexity index is 412. The highest BCUT2D eigenvalue weighted by Gasteiger charge is 2.09. The van der Waals surface area contributed by atoms with Gasteiger partial charge in [-0.2, -0.15) is 5.10 Å². The number of rotatable bonds is 3. The van der Waals surface area contributed by atoms with Crippen molar-refractivity contribution in [2.75, 3.05) is 6.54 Å². The molecule has 1 N–H and O–H groups in total. The van der Waals surface area contributed by atoms with Gasteiger partial charge in [-0.25, -0.2) is 0 Å². The third kappa shape index (κ3) is 2.59. The van der Waals surface area contributed by atoms with Gasteiger partial charge in [-0.1, -0.05) is 5.92 Å². The topological polar surface area (TPSA) is 46.9 Å². The third-order valence-electron chi connectivity index (χ3n) is 2.42. The van der Waals surface area contributed by atoms with Crippen LogP contribution in [0, 0.1) is 33.1 Å². The quantitative estimate of drug-likeness (QED) is 0.733. The molecule has 0 radical (unpaired) electrons. The number of carbonyl (C=O) groups is 1. The Labute approximate surface area is 89.7 Å². The minimum Gasteiger partial charge on any atom is -0.344 e. The van der Waals surface area contributed by atoms with Gasteiger partial charge in [0.1, 0.15) is 6.54 Å². The summed E-state index contributed by atoms with van der Waals surface area (Å²) < 4.78 is 1.69. The van der Waals surface area contributed by atoms with Gasteiger partial charge in [-0.15, -0.1) is 6.42 Å². The van der Waals surface area contributed by atoms with E-state index in [1.807, 2.05) is 20.8 Å². The smallest absolute Gasteiger partial charge is 0.242 e. The zero-order chi connectivity index (χ0) is 11.4. The van der Waals surface area contributed by atoms with Crippen molar-refractivity contribution >= 4 is 5.91 Å². The fourth-order valence-electron chi connectivity index (χ4n) is 1.28. The van der Waals surface area contributed by atoms with E-state index in [1.54, 1.807) is 4.68 Å². The van der Waals surface area contributed by atoms with Crippen molar-refractivity contribution in [3.05, 3.63) is 17.0 Å². The van der Waals surface area contributed by atoms with E-state index in [9.17, 15) is 4.79 Å². The number of amides is 1. The van der Waals surface area contributed by atoms with E-state index in [0.717, 1.165) is 17.0 Å². The van der Waals surface area contributed by atoms with Crippen LogP contribution in [0.25, 0.3) is 0 Å². The molecular formula is C11H15N3O. The van der Waals surface area contributed by atoms with E-state index < -0.39 is 0 Å². The molecule has 4 heteroatoms. The van der Waals surface area contributed by atoms with E-state index in [0.29, 0.717) is 0 Å². The average Bonchev–Trinajstić information content (AvgIpc) is 2.43. The van der Waals surface area contributed by atoms with Gasteiger partial charge in [0.25, 0.3) is 0 Å². The molecule has 1 heterocycles. The van der Waals surface area contributed by atoms with Crippen LogP contribution in [0.4, 0.5) is 0 Å². The first-order valence-corrected chi connectivity index (χ1v) is 4.77. The monoisotopic (exact) mass is 205 g/mol. The molecule has 0 aromatic carbocycles. The second-order valence-electron chi connectivity index (χ2n) is 3.43. The zero-order valence-corrected chi connectivity index (χ0v) is 9.29. The Morgan fingerprint density at radius 1 is 1.53 bits per heavy atom. The van der Waals surface area contributed by atoms with E-state index in [2.05, 4.69) is 16.3 Å². The van der Waals surface area contributed by atoms with Gasteiger partial charge in [0.2, 0.25) is 5.91 Å². The highest BCUT2D eigenvalue weighted by atomic mass is 16.2.